The number of H-pyrrole nitrogens is 1. The molecule has 3 N–H and O–H groups in total. The smallest absolute Gasteiger partial charge is 0.239 e. The number of nitrogens with two attached hydrogens (primary N) is 1. The van der Waals surface area contributed by atoms with E-state index in [2.05, 4.69) is 35.3 Å². The van der Waals surface area contributed by atoms with E-state index >= 15 is 0 Å². The van der Waals surface area contributed by atoms with Crippen LogP contribution < -0.4 is 5.73 Å². The number of rotatable bonds is 5. The van der Waals surface area contributed by atoms with Gasteiger partial charge in [0, 0.05) is 50.4 Å². The molecule has 0 radical (unpaired) electrons. The molecule has 134 valence electrons. The van der Waals surface area contributed by atoms with E-state index in [0.29, 0.717) is 30.6 Å². The molecule has 3 aliphatic rings. The average molecular weight is 361 g/mol. The summed E-state index contributed by atoms with van der Waals surface area (Å²) >= 11 is 1.64. The number of anilines is 1. The number of thiazole rings is 1. The average Bonchev–Trinajstić information content (AvgIpc) is 3.17. The van der Waals surface area contributed by atoms with Gasteiger partial charge in [-0.15, -0.1) is 16.4 Å². The predicted octanol–water partition coefficient (Wildman–Crippen LogP) is 0.899. The summed E-state index contributed by atoms with van der Waals surface area (Å²) in [5.41, 5.74) is 8.52. The van der Waals surface area contributed by atoms with Crippen molar-refractivity contribution in [2.24, 2.45) is 5.92 Å². The minimum Gasteiger partial charge on any atom is -0.367 e. The van der Waals surface area contributed by atoms with Gasteiger partial charge in [0.25, 0.3) is 0 Å². The zero-order valence-electron chi connectivity index (χ0n) is 14.1. The van der Waals surface area contributed by atoms with Gasteiger partial charge < -0.3 is 10.6 Å². The molecular formula is C16H23N7OS. The molecule has 2 bridgehead atoms. The minimum absolute atomic E-state index is 0.208. The number of hydrogen-bond donors (Lipinski definition) is 2. The fraction of sp³-hybridized carbons (Fsp3) is 0.625. The van der Waals surface area contributed by atoms with Crippen molar-refractivity contribution in [3.63, 3.8) is 0 Å². The van der Waals surface area contributed by atoms with Crippen molar-refractivity contribution in [1.82, 2.24) is 30.0 Å². The van der Waals surface area contributed by atoms with Gasteiger partial charge in [-0.2, -0.15) is 4.98 Å². The first-order chi connectivity index (χ1) is 12.2. The first-order valence-corrected chi connectivity index (χ1v) is 9.67. The highest BCUT2D eigenvalue weighted by molar-refractivity contribution is 7.07. The summed E-state index contributed by atoms with van der Waals surface area (Å²) in [6.07, 6.45) is 3.31. The first kappa shape index (κ1) is 16.5. The summed E-state index contributed by atoms with van der Waals surface area (Å²) in [6, 6.07) is 0.310. The summed E-state index contributed by atoms with van der Waals surface area (Å²) in [7, 11) is 0. The molecule has 2 unspecified atom stereocenters. The Morgan fingerprint density at radius 1 is 1.36 bits per heavy atom. The maximum absolute atomic E-state index is 12.7. The zero-order valence-corrected chi connectivity index (χ0v) is 14.9. The molecule has 1 amide bonds. The van der Waals surface area contributed by atoms with Gasteiger partial charge in [-0.1, -0.05) is 0 Å². The normalized spacial score (nSPS) is 23.8. The number of amides is 1. The lowest BCUT2D eigenvalue weighted by molar-refractivity contribution is -0.135. The van der Waals surface area contributed by atoms with Crippen molar-refractivity contribution >= 4 is 23.2 Å². The number of piperidine rings is 1. The molecule has 25 heavy (non-hydrogen) atoms. The van der Waals surface area contributed by atoms with Gasteiger partial charge in [-0.25, -0.2) is 4.98 Å². The van der Waals surface area contributed by atoms with Crippen molar-refractivity contribution in [2.75, 3.05) is 25.4 Å². The van der Waals surface area contributed by atoms with Crippen molar-refractivity contribution in [3.8, 4) is 0 Å². The van der Waals surface area contributed by atoms with Gasteiger partial charge in [-0.05, 0) is 18.8 Å². The number of aryl methyl sites for hydroxylation is 1. The molecule has 0 spiro atoms. The number of carbonyl (C=O) groups excluding carboxylic acids is 1. The third-order valence-electron chi connectivity index (χ3n) is 5.10. The van der Waals surface area contributed by atoms with Crippen LogP contribution in [0, 0.1) is 5.92 Å². The molecule has 9 heteroatoms. The lowest BCUT2D eigenvalue weighted by Crippen LogP contribution is -2.47. The number of hydrogen-bond acceptors (Lipinski definition) is 7. The maximum Gasteiger partial charge on any atom is 0.239 e. The Balaban J connectivity index is 1.37. The first-order valence-electron chi connectivity index (χ1n) is 8.73. The van der Waals surface area contributed by atoms with Crippen molar-refractivity contribution in [1.29, 1.82) is 0 Å². The second-order valence-electron chi connectivity index (χ2n) is 6.96. The summed E-state index contributed by atoms with van der Waals surface area (Å²) in [5, 5.41) is 8.69. The molecule has 0 aliphatic carbocycles. The third kappa shape index (κ3) is 3.82. The number of aromatic amines is 1. The molecule has 2 aromatic heterocycles. The molecular weight excluding hydrogens is 338 g/mol. The Bertz CT molecular complexity index is 716. The highest BCUT2D eigenvalue weighted by Crippen LogP contribution is 2.29. The fourth-order valence-electron chi connectivity index (χ4n) is 3.95. The van der Waals surface area contributed by atoms with E-state index in [1.54, 1.807) is 11.3 Å². The van der Waals surface area contributed by atoms with Gasteiger partial charge >= 0.3 is 0 Å². The highest BCUT2D eigenvalue weighted by Gasteiger charge is 2.36. The summed E-state index contributed by atoms with van der Waals surface area (Å²) in [6.45, 7) is 3.75. The van der Waals surface area contributed by atoms with Crippen LogP contribution in [0.25, 0.3) is 0 Å². The Morgan fingerprint density at radius 3 is 3.04 bits per heavy atom. The Kier molecular flexibility index (Phi) is 4.67. The van der Waals surface area contributed by atoms with E-state index in [-0.39, 0.29) is 11.9 Å². The SMILES string of the molecule is Nc1n[nH]c(CCC(=O)N2CC3CCC2CN(Cc2cscn2)C3)n1. The van der Waals surface area contributed by atoms with Crippen LogP contribution in [-0.4, -0.2) is 61.5 Å². The van der Waals surface area contributed by atoms with Crippen LogP contribution in [0.4, 0.5) is 5.95 Å². The van der Waals surface area contributed by atoms with Crippen LogP contribution in [0.5, 0.6) is 0 Å². The van der Waals surface area contributed by atoms with Gasteiger partial charge in [0.2, 0.25) is 11.9 Å². The quantitative estimate of drug-likeness (QED) is 0.820. The van der Waals surface area contributed by atoms with Crippen LogP contribution in [0.3, 0.4) is 0 Å². The fourth-order valence-corrected chi connectivity index (χ4v) is 4.50. The predicted molar refractivity (Wildman–Crippen MR) is 94.7 cm³/mol. The molecule has 3 fully saturated rings. The van der Waals surface area contributed by atoms with E-state index in [9.17, 15) is 4.79 Å². The summed E-state index contributed by atoms with van der Waals surface area (Å²) in [4.78, 5) is 25.8. The largest absolute Gasteiger partial charge is 0.367 e. The Labute approximate surface area is 150 Å². The molecule has 0 saturated carbocycles. The molecule has 0 aromatic carbocycles. The van der Waals surface area contributed by atoms with E-state index in [1.165, 1.54) is 6.42 Å². The van der Waals surface area contributed by atoms with E-state index in [1.807, 2.05) is 5.51 Å². The van der Waals surface area contributed by atoms with E-state index in [4.69, 9.17) is 5.73 Å². The number of nitrogen functional groups attached to an aromatic ring is 1. The van der Waals surface area contributed by atoms with Gasteiger partial charge in [0.1, 0.15) is 5.82 Å². The van der Waals surface area contributed by atoms with Crippen molar-refractivity contribution < 1.29 is 4.79 Å². The minimum atomic E-state index is 0.208. The molecule has 2 aromatic rings. The number of nitrogens with one attached hydrogen (secondary N) is 1. The van der Waals surface area contributed by atoms with Crippen molar-refractivity contribution in [3.05, 3.63) is 22.4 Å². The van der Waals surface area contributed by atoms with Crippen LogP contribution in [-0.2, 0) is 17.8 Å². The van der Waals surface area contributed by atoms with Crippen LogP contribution in [0.1, 0.15) is 30.8 Å². The van der Waals surface area contributed by atoms with Gasteiger partial charge in [0.15, 0.2) is 0 Å². The second kappa shape index (κ2) is 7.09. The van der Waals surface area contributed by atoms with Crippen molar-refractivity contribution in [2.45, 2.75) is 38.3 Å². The maximum atomic E-state index is 12.7. The lowest BCUT2D eigenvalue weighted by atomic mass is 9.94. The number of fused-ring (bicyclic) bond motifs is 4. The van der Waals surface area contributed by atoms with Crippen LogP contribution in [0.2, 0.25) is 0 Å². The van der Waals surface area contributed by atoms with Crippen LogP contribution in [0.15, 0.2) is 10.9 Å². The topological polar surface area (TPSA) is 104 Å². The van der Waals surface area contributed by atoms with Gasteiger partial charge in [0.05, 0.1) is 11.2 Å². The number of carbonyl (C=O) groups is 1. The third-order valence-corrected chi connectivity index (χ3v) is 5.74. The summed E-state index contributed by atoms with van der Waals surface area (Å²) in [5.74, 6) is 1.67. The number of nitrogens with zero attached hydrogens (tertiary/aromatic N) is 5. The zero-order chi connectivity index (χ0) is 17.2. The summed E-state index contributed by atoms with van der Waals surface area (Å²) < 4.78 is 0. The molecule has 8 nitrogen and oxygen atoms in total. The molecule has 5 rings (SSSR count). The van der Waals surface area contributed by atoms with Gasteiger partial charge in [-0.3, -0.25) is 14.8 Å². The lowest BCUT2D eigenvalue weighted by Gasteiger charge is -2.36. The highest BCUT2D eigenvalue weighted by atomic mass is 32.1. The molecule has 5 heterocycles. The Morgan fingerprint density at radius 2 is 2.28 bits per heavy atom. The molecule has 2 atom stereocenters. The second-order valence-corrected chi connectivity index (χ2v) is 7.68. The monoisotopic (exact) mass is 361 g/mol. The van der Waals surface area contributed by atoms with E-state index in [0.717, 1.165) is 38.3 Å². The molecule has 3 aliphatic heterocycles. The molecule has 3 saturated heterocycles. The van der Waals surface area contributed by atoms with E-state index < -0.39 is 0 Å². The standard InChI is InChI=1S/C16H23N7OS/c17-16-19-14(20-21-16)3-4-15(24)23-6-11-1-2-13(23)8-22(5-11)7-12-9-25-10-18-12/h9-11,13H,1-8H2,(H3,17,19,20,21). The van der Waals surface area contributed by atoms with Crippen LogP contribution >= 0.6 is 11.3 Å². The number of aromatic nitrogens is 4. The Hall–Kier alpha value is -2.00.